The number of carbonyl (C=O) groups excluding carboxylic acids is 2. The highest BCUT2D eigenvalue weighted by Gasteiger charge is 2.77. The molecule has 4 fully saturated rings. The Kier molecular flexibility index (Phi) is 3.25. The lowest BCUT2D eigenvalue weighted by Gasteiger charge is -2.40. The predicted octanol–water partition coefficient (Wildman–Crippen LogP) is -0.463. The Morgan fingerprint density at radius 3 is 2.92 bits per heavy atom. The van der Waals surface area contributed by atoms with Crippen LogP contribution in [0.2, 0.25) is 0 Å². The van der Waals surface area contributed by atoms with Crippen LogP contribution in [-0.4, -0.2) is 83.3 Å². The Morgan fingerprint density at radius 2 is 2.12 bits per heavy atom. The van der Waals surface area contributed by atoms with E-state index in [1.54, 1.807) is 13.8 Å². The lowest BCUT2D eigenvalue weighted by Crippen LogP contribution is -2.60. The van der Waals surface area contributed by atoms with Crippen LogP contribution in [0.1, 0.15) is 26.7 Å². The largest absolute Gasteiger partial charge is 0.459 e. The van der Waals surface area contributed by atoms with E-state index in [-0.39, 0.29) is 31.8 Å². The van der Waals surface area contributed by atoms with E-state index in [0.29, 0.717) is 6.42 Å². The van der Waals surface area contributed by atoms with Gasteiger partial charge in [-0.05, 0) is 25.8 Å². The summed E-state index contributed by atoms with van der Waals surface area (Å²) in [4.78, 5) is 27.8. The predicted molar refractivity (Wildman–Crippen MR) is 86.1 cm³/mol. The molecule has 5 rings (SSSR count). The van der Waals surface area contributed by atoms with Crippen molar-refractivity contribution in [2.24, 2.45) is 0 Å². The van der Waals surface area contributed by atoms with Crippen molar-refractivity contribution >= 4 is 11.9 Å². The fourth-order valence-electron chi connectivity index (χ4n) is 4.88. The number of cyclic esters (lactones) is 1. The molecule has 6 atom stereocenters. The lowest BCUT2D eigenvalue weighted by atomic mass is 9.78. The molecule has 1 spiro atoms. The van der Waals surface area contributed by atoms with Crippen molar-refractivity contribution < 1.29 is 33.6 Å². The molecular formula is C18H23NO7. The molecule has 0 amide bonds. The number of epoxide rings is 1. The maximum absolute atomic E-state index is 12.9. The van der Waals surface area contributed by atoms with E-state index in [1.807, 2.05) is 6.08 Å². The first kappa shape index (κ1) is 16.7. The second-order valence-electron chi connectivity index (χ2n) is 8.21. The Balaban J connectivity index is 1.53. The molecule has 2 bridgehead atoms. The number of aliphatic hydroxyl groups is 1. The second-order valence-corrected chi connectivity index (χ2v) is 8.21. The van der Waals surface area contributed by atoms with Crippen LogP contribution >= 0.6 is 0 Å². The Labute approximate surface area is 151 Å². The molecule has 8 nitrogen and oxygen atoms in total. The monoisotopic (exact) mass is 365 g/mol. The maximum atomic E-state index is 12.9. The normalized spacial score (nSPS) is 50.6. The van der Waals surface area contributed by atoms with E-state index in [9.17, 15) is 14.7 Å². The van der Waals surface area contributed by atoms with E-state index in [4.69, 9.17) is 18.9 Å². The molecule has 0 aliphatic carbocycles. The highest BCUT2D eigenvalue weighted by atomic mass is 16.7. The van der Waals surface area contributed by atoms with E-state index in [2.05, 4.69) is 4.90 Å². The number of hydrogen-bond acceptors (Lipinski definition) is 8. The van der Waals surface area contributed by atoms with Crippen LogP contribution in [0, 0.1) is 0 Å². The highest BCUT2D eigenvalue weighted by Crippen LogP contribution is 2.56. The summed E-state index contributed by atoms with van der Waals surface area (Å²) in [7, 11) is 0. The van der Waals surface area contributed by atoms with Crippen LogP contribution in [0.5, 0.6) is 0 Å². The molecular weight excluding hydrogens is 342 g/mol. The van der Waals surface area contributed by atoms with E-state index in [0.717, 1.165) is 18.7 Å². The molecule has 0 aromatic rings. The number of fused-ring (bicyclic) bond motifs is 1. The van der Waals surface area contributed by atoms with Crippen molar-refractivity contribution in [1.29, 1.82) is 0 Å². The van der Waals surface area contributed by atoms with Crippen LogP contribution in [-0.2, 0) is 28.5 Å². The minimum atomic E-state index is -1.86. The van der Waals surface area contributed by atoms with Gasteiger partial charge in [-0.3, -0.25) is 4.90 Å². The van der Waals surface area contributed by atoms with Gasteiger partial charge in [0, 0.05) is 19.5 Å². The Hall–Kier alpha value is -1.48. The fourth-order valence-corrected chi connectivity index (χ4v) is 4.88. The average Bonchev–Trinajstić information content (AvgIpc) is 2.92. The summed E-state index contributed by atoms with van der Waals surface area (Å²) in [5, 5.41) is 11.1. The third kappa shape index (κ3) is 1.98. The molecule has 5 heterocycles. The third-order valence-corrected chi connectivity index (χ3v) is 6.81. The van der Waals surface area contributed by atoms with Gasteiger partial charge in [0.25, 0.3) is 0 Å². The molecule has 5 aliphatic heterocycles. The molecule has 0 unspecified atom stereocenters. The van der Waals surface area contributed by atoms with Crippen LogP contribution in [0.4, 0.5) is 0 Å². The van der Waals surface area contributed by atoms with Crippen LogP contribution < -0.4 is 0 Å². The van der Waals surface area contributed by atoms with Gasteiger partial charge in [0.1, 0.15) is 18.3 Å². The summed E-state index contributed by atoms with van der Waals surface area (Å²) in [5.41, 5.74) is -3.21. The minimum Gasteiger partial charge on any atom is -0.459 e. The van der Waals surface area contributed by atoms with E-state index >= 15 is 0 Å². The topological polar surface area (TPSA) is 97.8 Å². The van der Waals surface area contributed by atoms with E-state index in [1.165, 1.54) is 0 Å². The van der Waals surface area contributed by atoms with Crippen molar-refractivity contribution in [1.82, 2.24) is 4.90 Å². The standard InChI is InChI=1S/C18H23NO7/c1-10-18(22)8-17(9-24-10)16(2,26-17)14(20)23-7-11-3-5-19-6-4-12(13(11)19)25-15(18)21/h3,10,12-13,22H,4-9H2,1-2H3/t10-,12-,13-,16-,17-,18-/m1/s1. The van der Waals surface area contributed by atoms with Gasteiger partial charge in [-0.1, -0.05) is 6.08 Å². The molecule has 0 aromatic carbocycles. The van der Waals surface area contributed by atoms with Crippen molar-refractivity contribution in [3.05, 3.63) is 11.6 Å². The quantitative estimate of drug-likeness (QED) is 0.350. The summed E-state index contributed by atoms with van der Waals surface area (Å²) in [5.74, 6) is -1.19. The molecule has 0 saturated carbocycles. The van der Waals surface area contributed by atoms with Gasteiger partial charge >= 0.3 is 11.9 Å². The zero-order chi connectivity index (χ0) is 18.3. The number of esters is 2. The van der Waals surface area contributed by atoms with E-state index < -0.39 is 34.8 Å². The van der Waals surface area contributed by atoms with Crippen molar-refractivity contribution in [3.63, 3.8) is 0 Å². The van der Waals surface area contributed by atoms with Gasteiger partial charge in [0.15, 0.2) is 11.2 Å². The zero-order valence-electron chi connectivity index (χ0n) is 14.9. The Morgan fingerprint density at radius 1 is 1.31 bits per heavy atom. The number of nitrogens with zero attached hydrogens (tertiary/aromatic N) is 1. The molecule has 1 N–H and O–H groups in total. The minimum absolute atomic E-state index is 0.0462. The van der Waals surface area contributed by atoms with Gasteiger partial charge in [0.2, 0.25) is 0 Å². The summed E-state index contributed by atoms with van der Waals surface area (Å²) < 4.78 is 22.7. The van der Waals surface area contributed by atoms with Crippen molar-refractivity contribution in [2.45, 2.75) is 61.7 Å². The number of ether oxygens (including phenoxy) is 4. The molecule has 4 saturated heterocycles. The van der Waals surface area contributed by atoms with Gasteiger partial charge in [0.05, 0.1) is 18.8 Å². The molecule has 142 valence electrons. The third-order valence-electron chi connectivity index (χ3n) is 6.81. The SMILES string of the molecule is C[C@H]1OC[C@]23C[C@]1(O)C(=O)O[C@@H]1CCN4CC=C(COC(=O)[C@@]2(C)O3)[C@H]14. The van der Waals surface area contributed by atoms with Gasteiger partial charge in [-0.2, -0.15) is 0 Å². The smallest absolute Gasteiger partial charge is 0.341 e. The summed E-state index contributed by atoms with van der Waals surface area (Å²) in [6, 6.07) is -0.104. The van der Waals surface area contributed by atoms with Crippen LogP contribution in [0.15, 0.2) is 11.6 Å². The van der Waals surface area contributed by atoms with Crippen molar-refractivity contribution in [2.75, 3.05) is 26.3 Å². The average molecular weight is 365 g/mol. The second kappa shape index (κ2) is 5.07. The first-order valence-electron chi connectivity index (χ1n) is 9.15. The zero-order valence-corrected chi connectivity index (χ0v) is 14.9. The summed E-state index contributed by atoms with van der Waals surface area (Å²) >= 11 is 0. The molecule has 8 heteroatoms. The molecule has 0 radical (unpaired) electrons. The number of hydrogen-bond donors (Lipinski definition) is 1. The summed E-state index contributed by atoms with van der Waals surface area (Å²) in [6.45, 7) is 5.08. The highest BCUT2D eigenvalue weighted by molar-refractivity contribution is 5.86. The first-order chi connectivity index (χ1) is 12.3. The maximum Gasteiger partial charge on any atom is 0.341 e. The van der Waals surface area contributed by atoms with Gasteiger partial charge < -0.3 is 24.1 Å². The van der Waals surface area contributed by atoms with Gasteiger partial charge in [-0.25, -0.2) is 9.59 Å². The summed E-state index contributed by atoms with van der Waals surface area (Å²) in [6.07, 6.45) is 1.55. The van der Waals surface area contributed by atoms with Crippen molar-refractivity contribution in [3.8, 4) is 0 Å². The number of rotatable bonds is 0. The van der Waals surface area contributed by atoms with Gasteiger partial charge in [-0.15, -0.1) is 0 Å². The van der Waals surface area contributed by atoms with Crippen LogP contribution in [0.25, 0.3) is 0 Å². The fraction of sp³-hybridized carbons (Fsp3) is 0.778. The number of carbonyl (C=O) groups is 2. The molecule has 0 aromatic heterocycles. The first-order valence-corrected chi connectivity index (χ1v) is 9.15. The lowest BCUT2D eigenvalue weighted by molar-refractivity contribution is -0.206. The van der Waals surface area contributed by atoms with Crippen LogP contribution in [0.3, 0.4) is 0 Å². The molecule has 5 aliphatic rings. The Bertz CT molecular complexity index is 722. The molecule has 26 heavy (non-hydrogen) atoms.